The number of rotatable bonds is 7. The molecule has 16 nitrogen and oxygen atoms in total. The fourth-order valence-corrected chi connectivity index (χ4v) is 10.4. The Morgan fingerprint density at radius 2 is 0.628 bits per heavy atom. The maximum atomic E-state index is 15.3. The summed E-state index contributed by atoms with van der Waals surface area (Å²) in [4.78, 5) is 55.3. The number of hydrogen-bond acceptors (Lipinski definition) is 14. The van der Waals surface area contributed by atoms with Crippen molar-refractivity contribution in [1.82, 2.24) is 68.9 Å². The van der Waals surface area contributed by atoms with Crippen molar-refractivity contribution < 1.29 is 13.2 Å². The van der Waals surface area contributed by atoms with Crippen LogP contribution in [-0.4, -0.2) is 68.9 Å². The molecule has 6 heterocycles. The third kappa shape index (κ3) is 8.53. The van der Waals surface area contributed by atoms with E-state index in [4.69, 9.17) is 39.9 Å². The highest BCUT2D eigenvalue weighted by atomic mass is 19.4. The van der Waals surface area contributed by atoms with Gasteiger partial charge in [0.1, 0.15) is 46.6 Å². The molecule has 0 aliphatic rings. The molecule has 378 valence electrons. The van der Waals surface area contributed by atoms with E-state index < -0.39 is 11.7 Å². The van der Waals surface area contributed by atoms with Crippen molar-refractivity contribution >= 4 is 43.6 Å². The van der Waals surface area contributed by atoms with E-state index in [1.165, 1.54) is 6.07 Å². The Bertz CT molecular complexity index is 4090. The highest BCUT2D eigenvalue weighted by molar-refractivity contribution is 6.14. The molecule has 0 bridgehead atoms. The third-order valence-electron chi connectivity index (χ3n) is 13.4. The third-order valence-corrected chi connectivity index (χ3v) is 13.4. The molecule has 0 spiro atoms. The molecule has 0 saturated carbocycles. The first-order valence-electron chi connectivity index (χ1n) is 24.6. The minimum Gasteiger partial charge on any atom is -0.308 e. The number of halogens is 3. The fraction of sp³-hybridized carbons (Fsp3) is 0.153. The van der Waals surface area contributed by atoms with Crippen LogP contribution in [0, 0.1) is 78.1 Å². The number of aryl methyl sites for hydroxylation is 8. The standard InChI is InChI=1S/C59H41F3N16/c1-28-65-29(2)70-55(69-28)38-9-13-44-45-14-10-39(56-71-30(3)66-31(4)72-56)23-49(45)77(48(44)22-38)52-19-37(27-64)20-53(54(52)42-17-36(26-63)18-43(21-42)59(60,61)62)78-50-24-40(57-73-32(5)67-33(6)74-57)11-15-46(50)47-16-12-41(25-51(47)78)58-75-34(7)68-35(8)76-58/h9-25H,1-8H3. The van der Waals surface area contributed by atoms with Crippen LogP contribution in [0.1, 0.15) is 63.3 Å². The second-order valence-corrected chi connectivity index (χ2v) is 19.0. The first-order valence-corrected chi connectivity index (χ1v) is 24.6. The summed E-state index contributed by atoms with van der Waals surface area (Å²) in [5, 5.41) is 24.8. The highest BCUT2D eigenvalue weighted by Gasteiger charge is 2.33. The largest absolute Gasteiger partial charge is 0.416 e. The Labute approximate surface area is 442 Å². The second-order valence-electron chi connectivity index (χ2n) is 19.0. The normalized spacial score (nSPS) is 11.8. The molecule has 0 aliphatic heterocycles. The van der Waals surface area contributed by atoms with Crippen molar-refractivity contribution in [3.8, 4) is 80.2 Å². The van der Waals surface area contributed by atoms with Gasteiger partial charge in [-0.2, -0.15) is 23.7 Å². The zero-order valence-corrected chi connectivity index (χ0v) is 43.1. The zero-order chi connectivity index (χ0) is 54.5. The van der Waals surface area contributed by atoms with Gasteiger partial charge in [0.25, 0.3) is 0 Å². The van der Waals surface area contributed by atoms with Crippen LogP contribution in [0.15, 0.2) is 103 Å². The van der Waals surface area contributed by atoms with Crippen LogP contribution in [0.4, 0.5) is 13.2 Å². The van der Waals surface area contributed by atoms with Crippen molar-refractivity contribution in [3.05, 3.63) is 166 Å². The van der Waals surface area contributed by atoms with Crippen LogP contribution in [0.3, 0.4) is 0 Å². The lowest BCUT2D eigenvalue weighted by Crippen LogP contribution is -2.08. The molecular formula is C59H41F3N16. The maximum absolute atomic E-state index is 15.3. The zero-order valence-electron chi connectivity index (χ0n) is 43.1. The Morgan fingerprint density at radius 3 is 0.897 bits per heavy atom. The average Bonchev–Trinajstić information content (AvgIpc) is 4.14. The molecule has 12 rings (SSSR count). The van der Waals surface area contributed by atoms with Gasteiger partial charge in [-0.15, -0.1) is 0 Å². The number of nitrogens with zero attached hydrogens (tertiary/aromatic N) is 16. The molecule has 0 unspecified atom stereocenters. The Kier molecular flexibility index (Phi) is 11.4. The molecule has 0 N–H and O–H groups in total. The van der Waals surface area contributed by atoms with Gasteiger partial charge in [-0.25, -0.2) is 59.8 Å². The summed E-state index contributed by atoms with van der Waals surface area (Å²) >= 11 is 0. The summed E-state index contributed by atoms with van der Waals surface area (Å²) in [7, 11) is 0. The second kappa shape index (κ2) is 18.2. The maximum Gasteiger partial charge on any atom is 0.416 e. The summed E-state index contributed by atoms with van der Waals surface area (Å²) in [6, 6.07) is 34.2. The predicted molar refractivity (Wildman–Crippen MR) is 288 cm³/mol. The number of fused-ring (bicyclic) bond motifs is 6. The van der Waals surface area contributed by atoms with Crippen LogP contribution in [0.25, 0.3) is 112 Å². The van der Waals surface area contributed by atoms with E-state index in [2.05, 4.69) is 26.0 Å². The summed E-state index contributed by atoms with van der Waals surface area (Å²) < 4.78 is 49.8. The summed E-state index contributed by atoms with van der Waals surface area (Å²) in [6.45, 7) is 14.3. The number of nitriles is 2. The number of aromatic nitrogens is 14. The van der Waals surface area contributed by atoms with Gasteiger partial charge < -0.3 is 9.13 Å². The van der Waals surface area contributed by atoms with Crippen LogP contribution in [0.5, 0.6) is 0 Å². The van der Waals surface area contributed by atoms with E-state index in [0.717, 1.165) is 33.7 Å². The van der Waals surface area contributed by atoms with E-state index in [0.29, 0.717) is 126 Å². The van der Waals surface area contributed by atoms with Crippen LogP contribution in [-0.2, 0) is 6.18 Å². The van der Waals surface area contributed by atoms with Gasteiger partial charge in [0, 0.05) is 49.4 Å². The molecule has 0 atom stereocenters. The van der Waals surface area contributed by atoms with Gasteiger partial charge in [0.15, 0.2) is 23.3 Å². The topological polar surface area (TPSA) is 212 Å². The Balaban J connectivity index is 1.29. The summed E-state index contributed by atoms with van der Waals surface area (Å²) in [6.07, 6.45) is -4.87. The molecule has 0 amide bonds. The van der Waals surface area contributed by atoms with Crippen molar-refractivity contribution in [2.24, 2.45) is 0 Å². The summed E-state index contributed by atoms with van der Waals surface area (Å²) in [5.74, 6) is 5.70. The quantitative estimate of drug-likeness (QED) is 0.145. The van der Waals surface area contributed by atoms with Crippen LogP contribution in [0.2, 0.25) is 0 Å². The van der Waals surface area contributed by atoms with Crippen molar-refractivity contribution in [1.29, 1.82) is 10.5 Å². The predicted octanol–water partition coefficient (Wildman–Crippen LogP) is 12.2. The first-order chi connectivity index (χ1) is 37.4. The molecule has 0 radical (unpaired) electrons. The van der Waals surface area contributed by atoms with Gasteiger partial charge >= 0.3 is 6.18 Å². The minimum absolute atomic E-state index is 0.0420. The molecule has 0 fully saturated rings. The molecule has 6 aromatic carbocycles. The monoisotopic (exact) mass is 1030 g/mol. The molecule has 12 aromatic rings. The molecule has 0 aliphatic carbocycles. The van der Waals surface area contributed by atoms with Gasteiger partial charge in [0.2, 0.25) is 0 Å². The number of alkyl halides is 3. The van der Waals surface area contributed by atoms with E-state index in [9.17, 15) is 10.5 Å². The lowest BCUT2D eigenvalue weighted by Gasteiger charge is -2.22. The van der Waals surface area contributed by atoms with Crippen molar-refractivity contribution in [3.63, 3.8) is 0 Å². The van der Waals surface area contributed by atoms with Gasteiger partial charge in [0.05, 0.1) is 62.3 Å². The lowest BCUT2D eigenvalue weighted by molar-refractivity contribution is -0.137. The average molecular weight is 1030 g/mol. The van der Waals surface area contributed by atoms with E-state index in [1.807, 2.05) is 88.0 Å². The molecule has 78 heavy (non-hydrogen) atoms. The molecule has 19 heteroatoms. The summed E-state index contributed by atoms with van der Waals surface area (Å²) in [5.41, 5.74) is 4.70. The minimum atomic E-state index is -4.87. The van der Waals surface area contributed by atoms with Gasteiger partial charge in [-0.3, -0.25) is 0 Å². The van der Waals surface area contributed by atoms with Crippen molar-refractivity contribution in [2.45, 2.75) is 61.6 Å². The number of benzene rings is 6. The smallest absolute Gasteiger partial charge is 0.308 e. The number of hydrogen-bond donors (Lipinski definition) is 0. The highest BCUT2D eigenvalue weighted by Crippen LogP contribution is 2.46. The first kappa shape index (κ1) is 48.7. The van der Waals surface area contributed by atoms with Crippen LogP contribution < -0.4 is 0 Å². The van der Waals surface area contributed by atoms with Crippen LogP contribution >= 0.6 is 0 Å². The Hall–Kier alpha value is -10.3. The van der Waals surface area contributed by atoms with E-state index in [1.54, 1.807) is 67.5 Å². The fourth-order valence-electron chi connectivity index (χ4n) is 10.4. The lowest BCUT2D eigenvalue weighted by atomic mass is 9.94. The van der Waals surface area contributed by atoms with Crippen molar-refractivity contribution in [2.75, 3.05) is 0 Å². The van der Waals surface area contributed by atoms with E-state index >= 15 is 13.2 Å². The van der Waals surface area contributed by atoms with Gasteiger partial charge in [-0.05, 0) is 116 Å². The molecule has 0 saturated heterocycles. The van der Waals surface area contributed by atoms with E-state index in [-0.39, 0.29) is 22.3 Å². The SMILES string of the molecule is Cc1nc(C)nc(-c2ccc3c4ccc(-c5nc(C)nc(C)n5)cc4n(-c4cc(C#N)cc(-n5c6cc(-c7nc(C)nc(C)n7)ccc6c6ccc(-c7nc(C)nc(C)n7)cc65)c4-c4cc(C#N)cc(C(F)(F)F)c4)c3c2)n1. The Morgan fingerprint density at radius 1 is 0.346 bits per heavy atom. The molecule has 6 aromatic heterocycles. The molecular weight excluding hydrogens is 990 g/mol. The van der Waals surface area contributed by atoms with Gasteiger partial charge in [-0.1, -0.05) is 48.5 Å².